The van der Waals surface area contributed by atoms with Crippen LogP contribution in [0.15, 0.2) is 48.7 Å². The number of ether oxygens (including phenoxy) is 2. The number of esters is 1. The van der Waals surface area contributed by atoms with Crippen molar-refractivity contribution < 1.29 is 19.2 Å². The van der Waals surface area contributed by atoms with E-state index < -0.39 is 4.92 Å². The van der Waals surface area contributed by atoms with Crippen molar-refractivity contribution >= 4 is 38.7 Å². The highest BCUT2D eigenvalue weighted by atomic mass is 32.1. The highest BCUT2D eigenvalue weighted by Gasteiger charge is 2.26. The molecule has 0 saturated heterocycles. The lowest BCUT2D eigenvalue weighted by atomic mass is 10.1. The smallest absolute Gasteiger partial charge is 0.341 e. The van der Waals surface area contributed by atoms with Crippen molar-refractivity contribution in [2.75, 3.05) is 13.7 Å². The number of aromatic nitrogens is 1. The third kappa shape index (κ3) is 2.69. The fourth-order valence-corrected chi connectivity index (χ4v) is 4.58. The number of methoxy groups -OCH3 is 1. The maximum Gasteiger partial charge on any atom is 0.341 e. The Morgan fingerprint density at radius 1 is 1.21 bits per heavy atom. The van der Waals surface area contributed by atoms with E-state index in [0.29, 0.717) is 11.3 Å². The van der Waals surface area contributed by atoms with Crippen LogP contribution in [0, 0.1) is 10.1 Å². The molecule has 142 valence electrons. The molecule has 0 fully saturated rings. The van der Waals surface area contributed by atoms with E-state index >= 15 is 0 Å². The normalized spacial score (nSPS) is 11.1. The van der Waals surface area contributed by atoms with Crippen molar-refractivity contribution in [2.45, 2.75) is 6.92 Å². The molecule has 1 aromatic carbocycles. The summed E-state index contributed by atoms with van der Waals surface area (Å²) >= 11 is 1.41. The number of rotatable bonds is 5. The van der Waals surface area contributed by atoms with Crippen LogP contribution in [-0.2, 0) is 4.74 Å². The Bertz CT molecular complexity index is 1210. The molecule has 3 heterocycles. The molecular weight excluding hydrogens is 380 g/mol. The van der Waals surface area contributed by atoms with E-state index in [2.05, 4.69) is 0 Å². The fraction of sp³-hybridized carbons (Fsp3) is 0.150. The number of nitro benzene ring substituents is 1. The number of nitrogens with zero attached hydrogens (tertiary/aromatic N) is 2. The molecule has 0 aliphatic heterocycles. The van der Waals surface area contributed by atoms with E-state index in [0.717, 1.165) is 26.2 Å². The van der Waals surface area contributed by atoms with Gasteiger partial charge in [-0.05, 0) is 36.8 Å². The van der Waals surface area contributed by atoms with Gasteiger partial charge in [0.1, 0.15) is 11.1 Å². The van der Waals surface area contributed by atoms with E-state index in [1.54, 1.807) is 26.2 Å². The van der Waals surface area contributed by atoms with E-state index in [9.17, 15) is 14.9 Å². The summed E-state index contributed by atoms with van der Waals surface area (Å²) in [5.74, 6) is 0.228. The Labute approximate surface area is 163 Å². The number of thiophene rings is 1. The van der Waals surface area contributed by atoms with Crippen LogP contribution >= 0.6 is 11.3 Å². The minimum atomic E-state index is -0.436. The quantitative estimate of drug-likeness (QED) is 0.272. The second-order valence-corrected chi connectivity index (χ2v) is 7.02. The van der Waals surface area contributed by atoms with Gasteiger partial charge in [0.2, 0.25) is 0 Å². The van der Waals surface area contributed by atoms with Gasteiger partial charge in [0.05, 0.1) is 33.7 Å². The van der Waals surface area contributed by atoms with E-state index in [1.165, 1.54) is 23.5 Å². The Morgan fingerprint density at radius 3 is 2.61 bits per heavy atom. The number of benzene rings is 1. The molecule has 8 heteroatoms. The molecule has 4 rings (SSSR count). The van der Waals surface area contributed by atoms with Crippen LogP contribution < -0.4 is 4.74 Å². The van der Waals surface area contributed by atoms with Gasteiger partial charge in [0.25, 0.3) is 5.69 Å². The maximum absolute atomic E-state index is 12.7. The lowest BCUT2D eigenvalue weighted by molar-refractivity contribution is -0.384. The highest BCUT2D eigenvalue weighted by molar-refractivity contribution is 7.23. The summed E-state index contributed by atoms with van der Waals surface area (Å²) in [5, 5.41) is 10.9. The maximum atomic E-state index is 12.7. The average Bonchev–Trinajstić information content (AvgIpc) is 3.22. The van der Waals surface area contributed by atoms with E-state index in [1.807, 2.05) is 28.8 Å². The van der Waals surface area contributed by atoms with Crippen LogP contribution in [0.5, 0.6) is 5.75 Å². The first kappa shape index (κ1) is 18.0. The third-order valence-electron chi connectivity index (χ3n) is 4.45. The number of hydrogen-bond donors (Lipinski definition) is 0. The predicted molar refractivity (Wildman–Crippen MR) is 107 cm³/mol. The number of hydrogen-bond acceptors (Lipinski definition) is 6. The molecule has 4 aromatic rings. The van der Waals surface area contributed by atoms with Crippen LogP contribution in [0.4, 0.5) is 5.69 Å². The number of carbonyl (C=O) groups excluding carboxylic acids is 1. The van der Waals surface area contributed by atoms with E-state index in [-0.39, 0.29) is 18.3 Å². The Morgan fingerprint density at radius 2 is 1.96 bits per heavy atom. The van der Waals surface area contributed by atoms with Crippen LogP contribution in [0.2, 0.25) is 0 Å². The van der Waals surface area contributed by atoms with Gasteiger partial charge in [-0.2, -0.15) is 0 Å². The molecule has 0 unspecified atom stereocenters. The molecule has 0 atom stereocenters. The molecule has 0 N–H and O–H groups in total. The molecule has 0 amide bonds. The van der Waals surface area contributed by atoms with Crippen molar-refractivity contribution in [2.24, 2.45) is 0 Å². The fourth-order valence-electron chi connectivity index (χ4n) is 3.27. The largest absolute Gasteiger partial charge is 0.493 e. The zero-order valence-electron chi connectivity index (χ0n) is 15.2. The molecule has 0 aliphatic rings. The zero-order valence-corrected chi connectivity index (χ0v) is 16.0. The molecule has 0 aliphatic carbocycles. The lowest BCUT2D eigenvalue weighted by Crippen LogP contribution is -2.04. The summed E-state index contributed by atoms with van der Waals surface area (Å²) in [7, 11) is 1.57. The molecule has 28 heavy (non-hydrogen) atoms. The van der Waals surface area contributed by atoms with Crippen LogP contribution in [0.25, 0.3) is 26.2 Å². The second kappa shape index (κ2) is 6.97. The molecule has 0 saturated carbocycles. The molecule has 0 bridgehead atoms. The van der Waals surface area contributed by atoms with Crippen molar-refractivity contribution in [1.82, 2.24) is 4.40 Å². The molecule has 0 spiro atoms. The summed E-state index contributed by atoms with van der Waals surface area (Å²) < 4.78 is 13.6. The first-order valence-corrected chi connectivity index (χ1v) is 9.40. The second-order valence-electron chi connectivity index (χ2n) is 6.00. The van der Waals surface area contributed by atoms with Crippen LogP contribution in [0.3, 0.4) is 0 Å². The third-order valence-corrected chi connectivity index (χ3v) is 5.68. The summed E-state index contributed by atoms with van der Waals surface area (Å²) in [6.45, 7) is 2.05. The summed E-state index contributed by atoms with van der Waals surface area (Å²) in [6, 6.07) is 11.9. The summed E-state index contributed by atoms with van der Waals surface area (Å²) in [5.41, 5.74) is 2.82. The number of carbonyl (C=O) groups is 1. The Kier molecular flexibility index (Phi) is 4.48. The van der Waals surface area contributed by atoms with Crippen LogP contribution in [0.1, 0.15) is 17.3 Å². The number of nitro groups is 1. The molecule has 7 nitrogen and oxygen atoms in total. The van der Waals surface area contributed by atoms with Gasteiger partial charge in [-0.25, -0.2) is 4.79 Å². The number of fused-ring (bicyclic) bond motifs is 3. The summed E-state index contributed by atoms with van der Waals surface area (Å²) in [4.78, 5) is 23.9. The summed E-state index contributed by atoms with van der Waals surface area (Å²) in [6.07, 6.45) is 1.87. The number of pyridine rings is 1. The highest BCUT2D eigenvalue weighted by Crippen LogP contribution is 2.47. The number of non-ortho nitro benzene ring substituents is 1. The minimum absolute atomic E-state index is 0.0188. The topological polar surface area (TPSA) is 83.1 Å². The van der Waals surface area contributed by atoms with Gasteiger partial charge >= 0.3 is 5.97 Å². The van der Waals surface area contributed by atoms with Gasteiger partial charge in [-0.3, -0.25) is 10.1 Å². The monoisotopic (exact) mass is 396 g/mol. The van der Waals surface area contributed by atoms with Gasteiger partial charge in [0.15, 0.2) is 5.75 Å². The van der Waals surface area contributed by atoms with Gasteiger partial charge < -0.3 is 13.9 Å². The first-order valence-electron chi connectivity index (χ1n) is 8.58. The first-order chi connectivity index (χ1) is 13.6. The van der Waals surface area contributed by atoms with Crippen molar-refractivity contribution in [3.63, 3.8) is 0 Å². The lowest BCUT2D eigenvalue weighted by Gasteiger charge is -2.05. The average molecular weight is 396 g/mol. The standard InChI is InChI=1S/C20H16N2O5S/c1-3-27-20(23)15-14-6-4-5-11-21(14)16-17(26-2)18(28-19(15)16)12-7-9-13(10-8-12)22(24)25/h4-11H,3H2,1-2H3. The molecule has 3 aromatic heterocycles. The molecular formula is C20H16N2O5S. The van der Waals surface area contributed by atoms with Gasteiger partial charge in [-0.1, -0.05) is 6.07 Å². The van der Waals surface area contributed by atoms with Gasteiger partial charge in [-0.15, -0.1) is 11.3 Å². The Hall–Kier alpha value is -3.39. The van der Waals surface area contributed by atoms with Gasteiger partial charge in [0, 0.05) is 18.3 Å². The molecule has 0 radical (unpaired) electrons. The minimum Gasteiger partial charge on any atom is -0.493 e. The van der Waals surface area contributed by atoms with E-state index in [4.69, 9.17) is 9.47 Å². The van der Waals surface area contributed by atoms with Crippen molar-refractivity contribution in [3.8, 4) is 16.2 Å². The SMILES string of the molecule is CCOC(=O)c1c2sc(-c3ccc([N+](=O)[O-])cc3)c(OC)c2n2ccccc12. The van der Waals surface area contributed by atoms with Crippen LogP contribution in [-0.4, -0.2) is 29.0 Å². The van der Waals surface area contributed by atoms with Crippen molar-refractivity contribution in [1.29, 1.82) is 0 Å². The zero-order chi connectivity index (χ0) is 19.8. The van der Waals surface area contributed by atoms with Crippen molar-refractivity contribution in [3.05, 3.63) is 64.3 Å². The predicted octanol–water partition coefficient (Wildman–Crippen LogP) is 4.91. The Balaban J connectivity index is 2.00.